The Hall–Kier alpha value is -3.41. The van der Waals surface area contributed by atoms with Gasteiger partial charge in [0.2, 0.25) is 0 Å². The van der Waals surface area contributed by atoms with Crippen molar-refractivity contribution in [2.75, 3.05) is 38.2 Å². The first-order chi connectivity index (χ1) is 14.2. The maximum atomic E-state index is 12.8. The smallest absolute Gasteiger partial charge is 0.257 e. The molecule has 0 spiro atoms. The molecule has 0 radical (unpaired) electrons. The Bertz CT molecular complexity index is 979. The van der Waals surface area contributed by atoms with Gasteiger partial charge in [0, 0.05) is 31.7 Å². The summed E-state index contributed by atoms with van der Waals surface area (Å²) in [6.45, 7) is 4.78. The topological polar surface area (TPSA) is 58.6 Å². The number of hydrogen-bond acceptors (Lipinski definition) is 5. The summed E-state index contributed by atoms with van der Waals surface area (Å²) in [5, 5.41) is 8.80. The third-order valence-corrected chi connectivity index (χ3v) is 5.23. The molecule has 1 aliphatic heterocycles. The predicted octanol–water partition coefficient (Wildman–Crippen LogP) is 3.42. The molecule has 6 nitrogen and oxygen atoms in total. The number of hydrogen-bond donors (Lipinski definition) is 0. The van der Waals surface area contributed by atoms with Crippen molar-refractivity contribution in [1.82, 2.24) is 15.1 Å². The van der Waals surface area contributed by atoms with Crippen LogP contribution < -0.4 is 9.64 Å². The normalized spacial score (nSPS) is 14.0. The number of aryl methyl sites for hydroxylation is 1. The number of nitrogens with zero attached hydrogens (tertiary/aromatic N) is 4. The molecule has 2 aromatic carbocycles. The van der Waals surface area contributed by atoms with Crippen LogP contribution in [0.15, 0.2) is 60.7 Å². The summed E-state index contributed by atoms with van der Waals surface area (Å²) in [5.41, 5.74) is 3.74. The molecule has 3 aromatic rings. The third-order valence-electron chi connectivity index (χ3n) is 5.23. The number of piperazine rings is 1. The van der Waals surface area contributed by atoms with E-state index in [9.17, 15) is 4.79 Å². The Morgan fingerprint density at radius 3 is 2.28 bits per heavy atom. The highest BCUT2D eigenvalue weighted by Crippen LogP contribution is 2.22. The van der Waals surface area contributed by atoms with E-state index < -0.39 is 0 Å². The van der Waals surface area contributed by atoms with Gasteiger partial charge >= 0.3 is 0 Å². The molecule has 0 N–H and O–H groups in total. The molecule has 0 atom stereocenters. The van der Waals surface area contributed by atoms with E-state index in [1.54, 1.807) is 7.11 Å². The fourth-order valence-corrected chi connectivity index (χ4v) is 3.50. The molecule has 1 amide bonds. The lowest BCUT2D eigenvalue weighted by Crippen LogP contribution is -2.49. The number of methoxy groups -OCH3 is 1. The summed E-state index contributed by atoms with van der Waals surface area (Å²) in [6, 6.07) is 19.6. The van der Waals surface area contributed by atoms with Crippen LogP contribution >= 0.6 is 0 Å². The zero-order chi connectivity index (χ0) is 20.2. The Labute approximate surface area is 170 Å². The number of anilines is 1. The molecule has 1 saturated heterocycles. The Kier molecular flexibility index (Phi) is 5.42. The predicted molar refractivity (Wildman–Crippen MR) is 113 cm³/mol. The van der Waals surface area contributed by atoms with Gasteiger partial charge in [-0.15, -0.1) is 10.2 Å². The van der Waals surface area contributed by atoms with Gasteiger partial charge in [0.25, 0.3) is 5.91 Å². The third kappa shape index (κ3) is 4.06. The minimum absolute atomic E-state index is 0.00269. The Morgan fingerprint density at radius 1 is 0.897 bits per heavy atom. The standard InChI is InChI=1S/C23H24N4O2/c1-17-7-9-18(10-8-17)20-11-12-22(25-24-20)26-13-15-27(16-14-26)23(28)19-5-3-4-6-21(19)29-2/h3-12H,13-16H2,1-2H3. The Morgan fingerprint density at radius 2 is 1.62 bits per heavy atom. The molecule has 0 bridgehead atoms. The van der Waals surface area contributed by atoms with Crippen LogP contribution in [0, 0.1) is 6.92 Å². The fourth-order valence-electron chi connectivity index (χ4n) is 3.50. The molecule has 4 rings (SSSR count). The van der Waals surface area contributed by atoms with Crippen LogP contribution in [0.1, 0.15) is 15.9 Å². The summed E-state index contributed by atoms with van der Waals surface area (Å²) in [7, 11) is 1.59. The minimum Gasteiger partial charge on any atom is -0.496 e. The van der Waals surface area contributed by atoms with Crippen molar-refractivity contribution < 1.29 is 9.53 Å². The van der Waals surface area contributed by atoms with Crippen LogP contribution in [0.4, 0.5) is 5.82 Å². The molecule has 2 heterocycles. The van der Waals surface area contributed by atoms with E-state index in [0.717, 1.165) is 30.2 Å². The van der Waals surface area contributed by atoms with Crippen LogP contribution in [-0.4, -0.2) is 54.3 Å². The van der Waals surface area contributed by atoms with Crippen molar-refractivity contribution in [3.05, 3.63) is 71.8 Å². The van der Waals surface area contributed by atoms with E-state index in [2.05, 4.69) is 46.3 Å². The number of benzene rings is 2. The van der Waals surface area contributed by atoms with E-state index in [1.807, 2.05) is 41.3 Å². The minimum atomic E-state index is 0.00269. The number of para-hydroxylation sites is 1. The fraction of sp³-hybridized carbons (Fsp3) is 0.261. The second-order valence-electron chi connectivity index (χ2n) is 7.12. The van der Waals surface area contributed by atoms with Gasteiger partial charge in [0.1, 0.15) is 5.75 Å². The van der Waals surface area contributed by atoms with Crippen LogP contribution in [0.25, 0.3) is 11.3 Å². The maximum absolute atomic E-state index is 12.8. The molecular weight excluding hydrogens is 364 g/mol. The Balaban J connectivity index is 1.40. The van der Waals surface area contributed by atoms with Crippen LogP contribution in [0.3, 0.4) is 0 Å². The SMILES string of the molecule is COc1ccccc1C(=O)N1CCN(c2ccc(-c3ccc(C)cc3)nn2)CC1. The van der Waals surface area contributed by atoms with E-state index in [1.165, 1.54) is 5.56 Å². The number of carbonyl (C=O) groups is 1. The molecule has 29 heavy (non-hydrogen) atoms. The van der Waals surface area contributed by atoms with Crippen molar-refractivity contribution >= 4 is 11.7 Å². The molecule has 1 fully saturated rings. The molecule has 1 aromatic heterocycles. The first-order valence-electron chi connectivity index (χ1n) is 9.74. The van der Waals surface area contributed by atoms with Crippen LogP contribution in [-0.2, 0) is 0 Å². The summed E-state index contributed by atoms with van der Waals surface area (Å²) in [4.78, 5) is 16.9. The van der Waals surface area contributed by atoms with Crippen LogP contribution in [0.2, 0.25) is 0 Å². The van der Waals surface area contributed by atoms with Gasteiger partial charge in [-0.25, -0.2) is 0 Å². The second-order valence-corrected chi connectivity index (χ2v) is 7.12. The summed E-state index contributed by atoms with van der Waals surface area (Å²) < 4.78 is 5.33. The zero-order valence-electron chi connectivity index (χ0n) is 16.7. The summed E-state index contributed by atoms with van der Waals surface area (Å²) in [6.07, 6.45) is 0. The van der Waals surface area contributed by atoms with Gasteiger partial charge in [-0.3, -0.25) is 4.79 Å². The zero-order valence-corrected chi connectivity index (χ0v) is 16.7. The molecular formula is C23H24N4O2. The molecule has 0 saturated carbocycles. The lowest BCUT2D eigenvalue weighted by molar-refractivity contribution is 0.0743. The first-order valence-corrected chi connectivity index (χ1v) is 9.74. The number of aromatic nitrogens is 2. The maximum Gasteiger partial charge on any atom is 0.257 e. The van der Waals surface area contributed by atoms with Gasteiger partial charge < -0.3 is 14.5 Å². The molecule has 0 aliphatic carbocycles. The molecule has 6 heteroatoms. The van der Waals surface area contributed by atoms with Crippen molar-refractivity contribution in [1.29, 1.82) is 0 Å². The van der Waals surface area contributed by atoms with Gasteiger partial charge in [-0.1, -0.05) is 42.0 Å². The number of amides is 1. The largest absolute Gasteiger partial charge is 0.496 e. The monoisotopic (exact) mass is 388 g/mol. The number of ether oxygens (including phenoxy) is 1. The van der Waals surface area contributed by atoms with E-state index in [-0.39, 0.29) is 5.91 Å². The van der Waals surface area contributed by atoms with E-state index in [4.69, 9.17) is 4.74 Å². The van der Waals surface area contributed by atoms with Gasteiger partial charge in [0.15, 0.2) is 5.82 Å². The van der Waals surface area contributed by atoms with Gasteiger partial charge in [0.05, 0.1) is 18.4 Å². The van der Waals surface area contributed by atoms with E-state index >= 15 is 0 Å². The summed E-state index contributed by atoms with van der Waals surface area (Å²) in [5.74, 6) is 1.45. The van der Waals surface area contributed by atoms with Crippen LogP contribution in [0.5, 0.6) is 5.75 Å². The van der Waals surface area contributed by atoms with Gasteiger partial charge in [-0.2, -0.15) is 0 Å². The van der Waals surface area contributed by atoms with Crippen molar-refractivity contribution in [2.45, 2.75) is 6.92 Å². The van der Waals surface area contributed by atoms with E-state index in [0.29, 0.717) is 24.4 Å². The number of carbonyl (C=O) groups excluding carboxylic acids is 1. The summed E-state index contributed by atoms with van der Waals surface area (Å²) >= 11 is 0. The number of rotatable bonds is 4. The average molecular weight is 388 g/mol. The van der Waals surface area contributed by atoms with Crippen molar-refractivity contribution in [3.8, 4) is 17.0 Å². The highest BCUT2D eigenvalue weighted by molar-refractivity contribution is 5.97. The lowest BCUT2D eigenvalue weighted by Gasteiger charge is -2.35. The quantitative estimate of drug-likeness (QED) is 0.685. The highest BCUT2D eigenvalue weighted by Gasteiger charge is 2.24. The first kappa shape index (κ1) is 18.9. The lowest BCUT2D eigenvalue weighted by atomic mass is 10.1. The van der Waals surface area contributed by atoms with Crippen molar-refractivity contribution in [3.63, 3.8) is 0 Å². The average Bonchev–Trinajstić information content (AvgIpc) is 2.79. The molecule has 1 aliphatic rings. The van der Waals surface area contributed by atoms with Crippen molar-refractivity contribution in [2.24, 2.45) is 0 Å². The van der Waals surface area contributed by atoms with Gasteiger partial charge in [-0.05, 0) is 31.2 Å². The highest BCUT2D eigenvalue weighted by atomic mass is 16.5. The molecule has 148 valence electrons. The molecule has 0 unspecified atom stereocenters. The second kappa shape index (κ2) is 8.31.